The molecule has 0 bridgehead atoms. The third-order valence-corrected chi connectivity index (χ3v) is 4.71. The number of ether oxygens (including phenoxy) is 2. The topological polar surface area (TPSA) is 47.6 Å². The van der Waals surface area contributed by atoms with Crippen molar-refractivity contribution in [1.82, 2.24) is 5.32 Å². The Morgan fingerprint density at radius 1 is 1.04 bits per heavy atom. The number of hydrogen-bond acceptors (Lipinski definition) is 3. The van der Waals surface area contributed by atoms with Crippen LogP contribution in [-0.4, -0.2) is 19.1 Å². The van der Waals surface area contributed by atoms with Crippen molar-refractivity contribution in [1.29, 1.82) is 0 Å². The van der Waals surface area contributed by atoms with Crippen LogP contribution in [0.4, 0.5) is 0 Å². The Balaban J connectivity index is 1.54. The second-order valence-corrected chi connectivity index (χ2v) is 7.37. The van der Waals surface area contributed by atoms with Crippen molar-refractivity contribution in [3.8, 4) is 11.5 Å². The molecule has 3 rings (SSSR count). The number of hydrogen-bond donors (Lipinski definition) is 1. The highest BCUT2D eigenvalue weighted by Gasteiger charge is 2.25. The summed E-state index contributed by atoms with van der Waals surface area (Å²) in [5, 5.41) is 3.14. The van der Waals surface area contributed by atoms with Gasteiger partial charge in [0.05, 0.1) is 5.54 Å². The van der Waals surface area contributed by atoms with Crippen LogP contribution in [0, 0.1) is 6.92 Å². The molecular formula is C22H27NO3. The minimum atomic E-state index is -0.462. The van der Waals surface area contributed by atoms with Gasteiger partial charge in [0.1, 0.15) is 13.2 Å². The quantitative estimate of drug-likeness (QED) is 0.849. The molecule has 1 aliphatic rings. The van der Waals surface area contributed by atoms with Crippen LogP contribution in [0.5, 0.6) is 11.5 Å². The lowest BCUT2D eigenvalue weighted by Crippen LogP contribution is -2.41. The van der Waals surface area contributed by atoms with Gasteiger partial charge in [0.15, 0.2) is 11.5 Å². The Hall–Kier alpha value is -2.49. The number of nitrogens with one attached hydrogen (secondary N) is 1. The van der Waals surface area contributed by atoms with Gasteiger partial charge in [-0.3, -0.25) is 4.79 Å². The van der Waals surface area contributed by atoms with E-state index in [1.54, 1.807) is 0 Å². The molecule has 4 nitrogen and oxygen atoms in total. The molecule has 1 amide bonds. The maximum absolute atomic E-state index is 12.4. The molecule has 2 aromatic carbocycles. The van der Waals surface area contributed by atoms with Crippen LogP contribution in [0.3, 0.4) is 0 Å². The van der Waals surface area contributed by atoms with E-state index in [2.05, 4.69) is 36.5 Å². The summed E-state index contributed by atoms with van der Waals surface area (Å²) in [6, 6.07) is 14.3. The van der Waals surface area contributed by atoms with Crippen molar-refractivity contribution in [2.24, 2.45) is 0 Å². The molecule has 1 heterocycles. The maximum Gasteiger partial charge on any atom is 0.220 e. The third kappa shape index (κ3) is 4.57. The van der Waals surface area contributed by atoms with Gasteiger partial charge in [-0.25, -0.2) is 0 Å². The van der Waals surface area contributed by atoms with Crippen LogP contribution >= 0.6 is 0 Å². The minimum absolute atomic E-state index is 0.0667. The Morgan fingerprint density at radius 2 is 1.73 bits per heavy atom. The van der Waals surface area contributed by atoms with Gasteiger partial charge in [-0.1, -0.05) is 35.9 Å². The molecule has 0 aromatic heterocycles. The van der Waals surface area contributed by atoms with Crippen molar-refractivity contribution in [3.63, 3.8) is 0 Å². The number of carbonyl (C=O) groups is 1. The van der Waals surface area contributed by atoms with Gasteiger partial charge in [-0.2, -0.15) is 0 Å². The first-order chi connectivity index (χ1) is 12.4. The van der Waals surface area contributed by atoms with E-state index >= 15 is 0 Å². The molecule has 2 aromatic rings. The van der Waals surface area contributed by atoms with E-state index in [9.17, 15) is 4.79 Å². The lowest BCUT2D eigenvalue weighted by Gasteiger charge is -2.28. The van der Waals surface area contributed by atoms with Gasteiger partial charge in [0.25, 0.3) is 0 Å². The summed E-state index contributed by atoms with van der Waals surface area (Å²) in [6.45, 7) is 7.24. The lowest BCUT2D eigenvalue weighted by atomic mass is 9.93. The molecule has 4 heteroatoms. The normalized spacial score (nSPS) is 13.3. The summed E-state index contributed by atoms with van der Waals surface area (Å²) in [6.07, 6.45) is 2.27. The van der Waals surface area contributed by atoms with Crippen LogP contribution < -0.4 is 14.8 Å². The van der Waals surface area contributed by atoms with Crippen molar-refractivity contribution >= 4 is 5.91 Å². The number of amides is 1. The standard InChI is InChI=1S/C22H27NO3/c1-16-7-9-17(10-8-16)5-4-6-21(24)23-22(2,3)18-11-12-19-20(15-18)26-14-13-25-19/h7-12,15H,4-6,13-14H2,1-3H3,(H,23,24). The van der Waals surface area contributed by atoms with Crippen LogP contribution in [-0.2, 0) is 16.8 Å². The summed E-state index contributed by atoms with van der Waals surface area (Å²) >= 11 is 0. The second-order valence-electron chi connectivity index (χ2n) is 7.37. The summed E-state index contributed by atoms with van der Waals surface area (Å²) < 4.78 is 11.2. The number of benzene rings is 2. The fourth-order valence-corrected chi connectivity index (χ4v) is 3.12. The average Bonchev–Trinajstić information content (AvgIpc) is 2.62. The molecule has 0 atom stereocenters. The van der Waals surface area contributed by atoms with Crippen molar-refractivity contribution in [3.05, 3.63) is 59.2 Å². The molecule has 138 valence electrons. The molecule has 0 radical (unpaired) electrons. The molecule has 1 N–H and O–H groups in total. The van der Waals surface area contributed by atoms with Gasteiger partial charge >= 0.3 is 0 Å². The number of aryl methyl sites for hydroxylation is 2. The van der Waals surface area contributed by atoms with E-state index in [1.165, 1.54) is 11.1 Å². The van der Waals surface area contributed by atoms with E-state index < -0.39 is 5.54 Å². The summed E-state index contributed by atoms with van der Waals surface area (Å²) in [5.41, 5.74) is 3.08. The zero-order chi connectivity index (χ0) is 18.6. The Kier molecular flexibility index (Phi) is 5.50. The van der Waals surface area contributed by atoms with E-state index in [4.69, 9.17) is 9.47 Å². The fraction of sp³-hybridized carbons (Fsp3) is 0.409. The van der Waals surface area contributed by atoms with Crippen molar-refractivity contribution in [2.75, 3.05) is 13.2 Å². The van der Waals surface area contributed by atoms with E-state index in [1.807, 2.05) is 32.0 Å². The highest BCUT2D eigenvalue weighted by Crippen LogP contribution is 2.34. The second kappa shape index (κ2) is 7.81. The molecule has 0 unspecified atom stereocenters. The smallest absolute Gasteiger partial charge is 0.220 e. The Labute approximate surface area is 155 Å². The lowest BCUT2D eigenvalue weighted by molar-refractivity contribution is -0.122. The molecule has 26 heavy (non-hydrogen) atoms. The number of carbonyl (C=O) groups excluding carboxylic acids is 1. The van der Waals surface area contributed by atoms with Crippen molar-refractivity contribution < 1.29 is 14.3 Å². The first kappa shape index (κ1) is 18.3. The van der Waals surface area contributed by atoms with Crippen LogP contribution in [0.25, 0.3) is 0 Å². The first-order valence-electron chi connectivity index (χ1n) is 9.21. The van der Waals surface area contributed by atoms with Gasteiger partial charge in [-0.15, -0.1) is 0 Å². The first-order valence-corrected chi connectivity index (χ1v) is 9.21. The largest absolute Gasteiger partial charge is 0.486 e. The third-order valence-electron chi connectivity index (χ3n) is 4.71. The van der Waals surface area contributed by atoms with E-state index in [-0.39, 0.29) is 5.91 Å². The van der Waals surface area contributed by atoms with Crippen molar-refractivity contribution in [2.45, 2.75) is 45.6 Å². The zero-order valence-corrected chi connectivity index (χ0v) is 15.8. The maximum atomic E-state index is 12.4. The average molecular weight is 353 g/mol. The predicted molar refractivity (Wildman–Crippen MR) is 103 cm³/mol. The molecular weight excluding hydrogens is 326 g/mol. The molecule has 0 spiro atoms. The number of rotatable bonds is 6. The van der Waals surface area contributed by atoms with E-state index in [0.29, 0.717) is 19.6 Å². The van der Waals surface area contributed by atoms with Gasteiger partial charge in [0.2, 0.25) is 5.91 Å². The minimum Gasteiger partial charge on any atom is -0.486 e. The molecule has 0 aliphatic carbocycles. The summed E-state index contributed by atoms with van der Waals surface area (Å²) in [5.74, 6) is 1.58. The van der Waals surface area contributed by atoms with Gasteiger partial charge < -0.3 is 14.8 Å². The Bertz CT molecular complexity index is 765. The SMILES string of the molecule is Cc1ccc(CCCC(=O)NC(C)(C)c2ccc3c(c2)OCCO3)cc1. The van der Waals surface area contributed by atoms with Gasteiger partial charge in [0, 0.05) is 6.42 Å². The molecule has 0 saturated heterocycles. The van der Waals surface area contributed by atoms with Gasteiger partial charge in [-0.05, 0) is 56.9 Å². The fourth-order valence-electron chi connectivity index (χ4n) is 3.12. The molecule has 0 saturated carbocycles. The highest BCUT2D eigenvalue weighted by atomic mass is 16.6. The van der Waals surface area contributed by atoms with Crippen LogP contribution in [0.15, 0.2) is 42.5 Å². The zero-order valence-electron chi connectivity index (χ0n) is 15.8. The highest BCUT2D eigenvalue weighted by molar-refractivity contribution is 5.77. The predicted octanol–water partition coefficient (Wildman–Crippen LogP) is 4.14. The summed E-state index contributed by atoms with van der Waals surface area (Å²) in [4.78, 5) is 12.4. The van der Waals surface area contributed by atoms with Crippen LogP contribution in [0.1, 0.15) is 43.4 Å². The monoisotopic (exact) mass is 353 g/mol. The summed E-state index contributed by atoms with van der Waals surface area (Å²) in [7, 11) is 0. The molecule has 0 fully saturated rings. The molecule has 1 aliphatic heterocycles. The number of fused-ring (bicyclic) bond motifs is 1. The Morgan fingerprint density at radius 3 is 2.46 bits per heavy atom. The van der Waals surface area contributed by atoms with E-state index in [0.717, 1.165) is 29.9 Å². The van der Waals surface area contributed by atoms with Crippen LogP contribution in [0.2, 0.25) is 0 Å².